The molecule has 1 fully saturated rings. The lowest BCUT2D eigenvalue weighted by Crippen LogP contribution is -2.24. The quantitative estimate of drug-likeness (QED) is 0.863. The number of rotatable bonds is 4. The molecular formula is C14H19FN2O. The maximum Gasteiger partial charge on any atom is 0.248 e. The fourth-order valence-corrected chi connectivity index (χ4v) is 2.70. The smallest absolute Gasteiger partial charge is 0.248 e. The highest BCUT2D eigenvalue weighted by molar-refractivity contribution is 5.93. The van der Waals surface area contributed by atoms with Crippen molar-refractivity contribution in [2.24, 2.45) is 11.7 Å². The maximum absolute atomic E-state index is 13.7. The van der Waals surface area contributed by atoms with Crippen LogP contribution in [0.5, 0.6) is 0 Å². The van der Waals surface area contributed by atoms with Gasteiger partial charge >= 0.3 is 0 Å². The van der Waals surface area contributed by atoms with Crippen LogP contribution in [0.2, 0.25) is 0 Å². The summed E-state index contributed by atoms with van der Waals surface area (Å²) in [6, 6.07) is 4.50. The summed E-state index contributed by atoms with van der Waals surface area (Å²) in [6.07, 6.45) is 4.51. The fourth-order valence-electron chi connectivity index (χ4n) is 2.70. The van der Waals surface area contributed by atoms with E-state index in [1.165, 1.54) is 31.0 Å². The lowest BCUT2D eigenvalue weighted by Gasteiger charge is -2.21. The van der Waals surface area contributed by atoms with E-state index >= 15 is 0 Å². The third kappa shape index (κ3) is 2.63. The summed E-state index contributed by atoms with van der Waals surface area (Å²) < 4.78 is 13.7. The van der Waals surface area contributed by atoms with Crippen molar-refractivity contribution in [2.75, 3.05) is 5.32 Å². The molecule has 4 heteroatoms. The molecule has 0 heterocycles. The van der Waals surface area contributed by atoms with Gasteiger partial charge in [-0.05, 0) is 37.0 Å². The van der Waals surface area contributed by atoms with Crippen LogP contribution < -0.4 is 11.1 Å². The first kappa shape index (κ1) is 12.9. The second-order valence-corrected chi connectivity index (χ2v) is 4.91. The number of nitrogens with two attached hydrogens (primary N) is 1. The Morgan fingerprint density at radius 1 is 1.50 bits per heavy atom. The lowest BCUT2D eigenvalue weighted by molar-refractivity contribution is 0.100. The van der Waals surface area contributed by atoms with Gasteiger partial charge in [0.1, 0.15) is 5.82 Å². The Morgan fingerprint density at radius 2 is 2.28 bits per heavy atom. The molecule has 2 unspecified atom stereocenters. The van der Waals surface area contributed by atoms with Gasteiger partial charge in [-0.3, -0.25) is 4.79 Å². The zero-order valence-corrected chi connectivity index (χ0v) is 10.6. The van der Waals surface area contributed by atoms with Crippen molar-refractivity contribution in [2.45, 2.75) is 38.6 Å². The largest absolute Gasteiger partial charge is 0.380 e. The van der Waals surface area contributed by atoms with Crippen LogP contribution in [0.3, 0.4) is 0 Å². The summed E-state index contributed by atoms with van der Waals surface area (Å²) in [7, 11) is 0. The number of anilines is 1. The zero-order chi connectivity index (χ0) is 13.1. The van der Waals surface area contributed by atoms with Crippen molar-refractivity contribution in [1.29, 1.82) is 0 Å². The molecule has 1 aromatic carbocycles. The second kappa shape index (κ2) is 5.38. The Hall–Kier alpha value is -1.58. The van der Waals surface area contributed by atoms with E-state index in [9.17, 15) is 9.18 Å². The van der Waals surface area contributed by atoms with E-state index in [0.717, 1.165) is 12.8 Å². The van der Waals surface area contributed by atoms with E-state index in [0.29, 0.717) is 23.2 Å². The molecule has 0 bridgehead atoms. The molecular weight excluding hydrogens is 231 g/mol. The molecule has 0 aromatic heterocycles. The molecule has 2 atom stereocenters. The van der Waals surface area contributed by atoms with Crippen molar-refractivity contribution in [3.05, 3.63) is 29.6 Å². The maximum atomic E-state index is 13.7. The van der Waals surface area contributed by atoms with Crippen molar-refractivity contribution < 1.29 is 9.18 Å². The average Bonchev–Trinajstić information content (AvgIpc) is 2.79. The number of amides is 1. The molecule has 1 aliphatic carbocycles. The Bertz CT molecular complexity index is 447. The summed E-state index contributed by atoms with van der Waals surface area (Å²) in [5.41, 5.74) is 5.93. The number of nitrogens with one attached hydrogen (secondary N) is 1. The summed E-state index contributed by atoms with van der Waals surface area (Å²) >= 11 is 0. The Kier molecular flexibility index (Phi) is 3.84. The first-order chi connectivity index (χ1) is 8.61. The van der Waals surface area contributed by atoms with Crippen LogP contribution in [0.4, 0.5) is 10.1 Å². The molecule has 0 radical (unpaired) electrons. The van der Waals surface area contributed by atoms with E-state index < -0.39 is 5.91 Å². The third-order valence-corrected chi connectivity index (χ3v) is 3.78. The van der Waals surface area contributed by atoms with Gasteiger partial charge in [0.15, 0.2) is 0 Å². The molecule has 0 saturated heterocycles. The highest BCUT2D eigenvalue weighted by Gasteiger charge is 2.26. The van der Waals surface area contributed by atoms with Gasteiger partial charge < -0.3 is 11.1 Å². The average molecular weight is 250 g/mol. The molecule has 1 aromatic rings. The zero-order valence-electron chi connectivity index (χ0n) is 10.6. The van der Waals surface area contributed by atoms with Crippen molar-refractivity contribution in [1.82, 2.24) is 0 Å². The SMILES string of the molecule is CCC1CCCC1Nc1cc(C(N)=O)ccc1F. The van der Waals surface area contributed by atoms with E-state index in [4.69, 9.17) is 5.73 Å². The standard InChI is InChI=1S/C14H19FN2O/c1-2-9-4-3-5-12(9)17-13-8-10(14(16)18)6-7-11(13)15/h6-9,12,17H,2-5H2,1H3,(H2,16,18). The fraction of sp³-hybridized carbons (Fsp3) is 0.500. The number of halogens is 1. The van der Waals surface area contributed by atoms with E-state index in [1.807, 2.05) is 0 Å². The third-order valence-electron chi connectivity index (χ3n) is 3.78. The number of hydrogen-bond donors (Lipinski definition) is 2. The van der Waals surface area contributed by atoms with E-state index in [1.54, 1.807) is 0 Å². The van der Waals surface area contributed by atoms with Gasteiger partial charge in [-0.25, -0.2) is 4.39 Å². The summed E-state index contributed by atoms with van der Waals surface area (Å²) in [5, 5.41) is 3.22. The van der Waals surface area contributed by atoms with Gasteiger partial charge in [0.2, 0.25) is 5.91 Å². The number of primary amides is 1. The van der Waals surface area contributed by atoms with Crippen LogP contribution in [-0.2, 0) is 0 Å². The van der Waals surface area contributed by atoms with E-state index in [2.05, 4.69) is 12.2 Å². The lowest BCUT2D eigenvalue weighted by atomic mass is 10.0. The molecule has 0 aliphatic heterocycles. The Balaban J connectivity index is 2.17. The van der Waals surface area contributed by atoms with Crippen molar-refractivity contribution in [3.8, 4) is 0 Å². The Morgan fingerprint density at radius 3 is 2.94 bits per heavy atom. The molecule has 1 saturated carbocycles. The molecule has 0 spiro atoms. The minimum Gasteiger partial charge on any atom is -0.380 e. The van der Waals surface area contributed by atoms with E-state index in [-0.39, 0.29) is 5.82 Å². The minimum absolute atomic E-state index is 0.299. The van der Waals surface area contributed by atoms with Crippen LogP contribution in [0, 0.1) is 11.7 Å². The monoisotopic (exact) mass is 250 g/mol. The van der Waals surface area contributed by atoms with Crippen LogP contribution >= 0.6 is 0 Å². The first-order valence-electron chi connectivity index (χ1n) is 6.47. The molecule has 2 rings (SSSR count). The summed E-state index contributed by atoms with van der Waals surface area (Å²) in [5.74, 6) is -0.278. The second-order valence-electron chi connectivity index (χ2n) is 4.91. The van der Waals surface area contributed by atoms with Crippen LogP contribution in [-0.4, -0.2) is 11.9 Å². The Labute approximate surface area is 107 Å². The number of carbonyl (C=O) groups is 1. The number of benzene rings is 1. The molecule has 1 aliphatic rings. The normalized spacial score (nSPS) is 23.0. The van der Waals surface area contributed by atoms with Crippen LogP contribution in [0.25, 0.3) is 0 Å². The highest BCUT2D eigenvalue weighted by atomic mass is 19.1. The topological polar surface area (TPSA) is 55.1 Å². The molecule has 3 nitrogen and oxygen atoms in total. The molecule has 98 valence electrons. The van der Waals surface area contributed by atoms with Gasteiger partial charge in [-0.1, -0.05) is 19.8 Å². The first-order valence-corrected chi connectivity index (χ1v) is 6.47. The minimum atomic E-state index is -0.531. The molecule has 18 heavy (non-hydrogen) atoms. The predicted octanol–water partition coefficient (Wildman–Crippen LogP) is 2.92. The van der Waals surface area contributed by atoms with Gasteiger partial charge in [0.25, 0.3) is 0 Å². The summed E-state index contributed by atoms with van der Waals surface area (Å²) in [6.45, 7) is 2.15. The van der Waals surface area contributed by atoms with Gasteiger partial charge in [-0.15, -0.1) is 0 Å². The van der Waals surface area contributed by atoms with Gasteiger partial charge in [0, 0.05) is 11.6 Å². The van der Waals surface area contributed by atoms with Crippen molar-refractivity contribution >= 4 is 11.6 Å². The van der Waals surface area contributed by atoms with Crippen molar-refractivity contribution in [3.63, 3.8) is 0 Å². The number of hydrogen-bond acceptors (Lipinski definition) is 2. The molecule has 3 N–H and O–H groups in total. The predicted molar refractivity (Wildman–Crippen MR) is 70.0 cm³/mol. The van der Waals surface area contributed by atoms with Crippen LogP contribution in [0.1, 0.15) is 43.0 Å². The summed E-state index contributed by atoms with van der Waals surface area (Å²) in [4.78, 5) is 11.1. The van der Waals surface area contributed by atoms with Gasteiger partial charge in [0.05, 0.1) is 5.69 Å². The highest BCUT2D eigenvalue weighted by Crippen LogP contribution is 2.31. The number of carbonyl (C=O) groups excluding carboxylic acids is 1. The molecule has 1 amide bonds. The van der Waals surface area contributed by atoms with Crippen LogP contribution in [0.15, 0.2) is 18.2 Å². The van der Waals surface area contributed by atoms with Gasteiger partial charge in [-0.2, -0.15) is 0 Å².